The highest BCUT2D eigenvalue weighted by Crippen LogP contribution is 2.43. The van der Waals surface area contributed by atoms with E-state index in [4.69, 9.17) is 29.8 Å². The number of carbonyl (C=O) groups is 1. The van der Waals surface area contributed by atoms with Crippen LogP contribution in [0, 0.1) is 0 Å². The van der Waals surface area contributed by atoms with Crippen molar-refractivity contribution < 1.29 is 24.1 Å². The van der Waals surface area contributed by atoms with E-state index >= 15 is 0 Å². The molecule has 47 heavy (non-hydrogen) atoms. The SMILES string of the molecule is COc1ccccc1CCNNC(=O)[C@@]1(Cc2ccccc2CN=[N+]=[N-])N=C(c2ccc(OCCCO)cc2)O[C@H]1c1ccccc1. The molecule has 11 nitrogen and oxygen atoms in total. The van der Waals surface area contributed by atoms with E-state index in [1.165, 1.54) is 0 Å². The van der Waals surface area contributed by atoms with Gasteiger partial charge in [0.15, 0.2) is 11.6 Å². The quantitative estimate of drug-likeness (QED) is 0.0478. The molecule has 0 aliphatic carbocycles. The summed E-state index contributed by atoms with van der Waals surface area (Å²) in [6.45, 7) is 1.02. The van der Waals surface area contributed by atoms with Gasteiger partial charge in [0.2, 0.25) is 5.90 Å². The molecule has 0 saturated carbocycles. The van der Waals surface area contributed by atoms with Crippen LogP contribution in [0.5, 0.6) is 11.5 Å². The summed E-state index contributed by atoms with van der Waals surface area (Å²) in [5.41, 5.74) is 17.7. The van der Waals surface area contributed by atoms with Crippen molar-refractivity contribution in [2.75, 3.05) is 26.9 Å². The topological polar surface area (TPSA) is 150 Å². The first-order valence-electron chi connectivity index (χ1n) is 15.5. The number of aliphatic hydroxyl groups is 1. The van der Waals surface area contributed by atoms with Gasteiger partial charge in [-0.1, -0.05) is 77.9 Å². The maximum absolute atomic E-state index is 14.5. The number of nitrogens with one attached hydrogen (secondary N) is 2. The Morgan fingerprint density at radius 2 is 1.68 bits per heavy atom. The largest absolute Gasteiger partial charge is 0.496 e. The van der Waals surface area contributed by atoms with Crippen molar-refractivity contribution in [3.63, 3.8) is 0 Å². The Hall–Kier alpha value is -5.35. The number of hydrogen-bond donors (Lipinski definition) is 3. The van der Waals surface area contributed by atoms with Crippen molar-refractivity contribution in [1.29, 1.82) is 0 Å². The third-order valence-electron chi connectivity index (χ3n) is 7.93. The van der Waals surface area contributed by atoms with E-state index in [-0.39, 0.29) is 25.5 Å². The molecular weight excluding hydrogens is 596 g/mol. The number of rotatable bonds is 16. The van der Waals surface area contributed by atoms with Gasteiger partial charge in [0.05, 0.1) is 20.3 Å². The molecule has 1 heterocycles. The second-order valence-corrected chi connectivity index (χ2v) is 11.0. The van der Waals surface area contributed by atoms with Crippen LogP contribution in [0.25, 0.3) is 10.4 Å². The molecule has 0 bridgehead atoms. The number of hydrogen-bond acceptors (Lipinski definition) is 8. The summed E-state index contributed by atoms with van der Waals surface area (Å²) in [6, 6.07) is 32.2. The zero-order valence-corrected chi connectivity index (χ0v) is 26.2. The maximum atomic E-state index is 14.5. The predicted molar refractivity (Wildman–Crippen MR) is 179 cm³/mol. The second kappa shape index (κ2) is 16.3. The Balaban J connectivity index is 1.50. The van der Waals surface area contributed by atoms with Crippen molar-refractivity contribution in [2.45, 2.75) is 37.5 Å². The number of methoxy groups -OCH3 is 1. The van der Waals surface area contributed by atoms with Crippen LogP contribution in [0.1, 0.15) is 40.3 Å². The molecular formula is C36H38N6O5. The Labute approximate surface area is 273 Å². The molecule has 0 saturated heterocycles. The molecule has 4 aromatic carbocycles. The standard InChI is InChI=1S/C36H38N6O5/c1-45-32-15-8-7-10-26(32)20-21-38-41-35(44)36(24-29-13-5-6-14-30(29)25-39-42-37)33(27-11-3-2-4-12-27)47-34(40-36)28-16-18-31(19-17-28)46-23-9-22-43/h2-8,10-19,33,38,43H,9,20-25H2,1H3,(H,41,44)/t33-,36-/m0/s1. The van der Waals surface area contributed by atoms with Gasteiger partial charge in [0.25, 0.3) is 5.91 Å². The van der Waals surface area contributed by atoms with E-state index in [1.54, 1.807) is 7.11 Å². The van der Waals surface area contributed by atoms with Gasteiger partial charge < -0.3 is 19.3 Å². The number of para-hydroxylation sites is 1. The van der Waals surface area contributed by atoms with Crippen LogP contribution in [0.2, 0.25) is 0 Å². The van der Waals surface area contributed by atoms with Crippen LogP contribution >= 0.6 is 0 Å². The van der Waals surface area contributed by atoms with Crippen LogP contribution < -0.4 is 20.3 Å². The molecule has 0 aromatic heterocycles. The zero-order valence-electron chi connectivity index (χ0n) is 26.2. The van der Waals surface area contributed by atoms with Crippen LogP contribution in [0.15, 0.2) is 113 Å². The molecule has 0 fully saturated rings. The highest BCUT2D eigenvalue weighted by molar-refractivity contribution is 6.01. The van der Waals surface area contributed by atoms with E-state index in [2.05, 4.69) is 20.9 Å². The van der Waals surface area contributed by atoms with Crippen molar-refractivity contribution in [1.82, 2.24) is 10.9 Å². The lowest BCUT2D eigenvalue weighted by molar-refractivity contribution is -0.130. The minimum Gasteiger partial charge on any atom is -0.496 e. The highest BCUT2D eigenvalue weighted by atomic mass is 16.5. The van der Waals surface area contributed by atoms with Crippen LogP contribution in [0.4, 0.5) is 0 Å². The predicted octanol–water partition coefficient (Wildman–Crippen LogP) is 5.63. The lowest BCUT2D eigenvalue weighted by Gasteiger charge is -2.31. The van der Waals surface area contributed by atoms with E-state index < -0.39 is 11.6 Å². The molecule has 11 heteroatoms. The van der Waals surface area contributed by atoms with Crippen molar-refractivity contribution >= 4 is 11.8 Å². The minimum absolute atomic E-state index is 0.0506. The third-order valence-corrected chi connectivity index (χ3v) is 7.93. The Kier molecular flexibility index (Phi) is 11.4. The van der Waals surface area contributed by atoms with Crippen molar-refractivity contribution in [3.8, 4) is 11.5 Å². The molecule has 242 valence electrons. The lowest BCUT2D eigenvalue weighted by atomic mass is 9.81. The van der Waals surface area contributed by atoms with Gasteiger partial charge in [-0.05, 0) is 64.5 Å². The van der Waals surface area contributed by atoms with Gasteiger partial charge in [-0.15, -0.1) is 0 Å². The van der Waals surface area contributed by atoms with Gasteiger partial charge in [0, 0.05) is 36.5 Å². The third kappa shape index (κ3) is 8.09. The summed E-state index contributed by atoms with van der Waals surface area (Å²) in [4.78, 5) is 22.5. The lowest BCUT2D eigenvalue weighted by Crippen LogP contribution is -2.54. The maximum Gasteiger partial charge on any atom is 0.266 e. The van der Waals surface area contributed by atoms with E-state index in [1.807, 2.05) is 103 Å². The summed E-state index contributed by atoms with van der Waals surface area (Å²) in [5, 5.41) is 12.9. The minimum atomic E-state index is -1.43. The van der Waals surface area contributed by atoms with E-state index in [0.29, 0.717) is 43.2 Å². The molecule has 0 radical (unpaired) electrons. The highest BCUT2D eigenvalue weighted by Gasteiger charge is 2.53. The van der Waals surface area contributed by atoms with Gasteiger partial charge in [-0.2, -0.15) is 0 Å². The molecule has 0 spiro atoms. The Morgan fingerprint density at radius 3 is 2.40 bits per heavy atom. The molecule has 1 amide bonds. The summed E-state index contributed by atoms with van der Waals surface area (Å²) >= 11 is 0. The number of aliphatic hydroxyl groups excluding tert-OH is 1. The number of aliphatic imine (C=N–C) groups is 1. The fourth-order valence-electron chi connectivity index (χ4n) is 5.55. The van der Waals surface area contributed by atoms with E-state index in [9.17, 15) is 4.79 Å². The number of benzene rings is 4. The molecule has 1 aliphatic heterocycles. The Bertz CT molecular complexity index is 1710. The number of carbonyl (C=O) groups excluding carboxylic acids is 1. The molecule has 4 aromatic rings. The van der Waals surface area contributed by atoms with Gasteiger partial charge in [-0.25, -0.2) is 10.4 Å². The average Bonchev–Trinajstić information content (AvgIpc) is 3.51. The Morgan fingerprint density at radius 1 is 0.979 bits per heavy atom. The normalized spacial score (nSPS) is 16.8. The molecule has 3 N–H and O–H groups in total. The van der Waals surface area contributed by atoms with Gasteiger partial charge >= 0.3 is 0 Å². The average molecular weight is 635 g/mol. The molecule has 2 atom stereocenters. The molecule has 5 rings (SSSR count). The summed E-state index contributed by atoms with van der Waals surface area (Å²) in [7, 11) is 1.63. The smallest absolute Gasteiger partial charge is 0.266 e. The first-order valence-corrected chi connectivity index (χ1v) is 15.5. The van der Waals surface area contributed by atoms with Crippen molar-refractivity contribution in [3.05, 3.63) is 141 Å². The van der Waals surface area contributed by atoms with Crippen LogP contribution in [0.3, 0.4) is 0 Å². The summed E-state index contributed by atoms with van der Waals surface area (Å²) in [5.74, 6) is 1.37. The van der Waals surface area contributed by atoms with Gasteiger partial charge in [-0.3, -0.25) is 10.2 Å². The van der Waals surface area contributed by atoms with Crippen LogP contribution in [-0.4, -0.2) is 49.3 Å². The number of azide groups is 1. The number of hydrazine groups is 1. The first-order chi connectivity index (χ1) is 23.1. The fourth-order valence-corrected chi connectivity index (χ4v) is 5.55. The second-order valence-electron chi connectivity index (χ2n) is 11.0. The molecule has 0 unspecified atom stereocenters. The monoisotopic (exact) mass is 634 g/mol. The number of nitrogens with zero attached hydrogens (tertiary/aromatic N) is 4. The number of ether oxygens (including phenoxy) is 3. The molecule has 1 aliphatic rings. The number of amides is 1. The first kappa shape index (κ1) is 33.0. The summed E-state index contributed by atoms with van der Waals surface area (Å²) < 4.78 is 17.8. The van der Waals surface area contributed by atoms with Crippen molar-refractivity contribution in [2.24, 2.45) is 10.1 Å². The van der Waals surface area contributed by atoms with Gasteiger partial charge in [0.1, 0.15) is 11.5 Å². The van der Waals surface area contributed by atoms with E-state index in [0.717, 1.165) is 28.0 Å². The summed E-state index contributed by atoms with van der Waals surface area (Å²) in [6.07, 6.45) is 0.548. The zero-order chi connectivity index (χ0) is 32.9. The fraction of sp³-hybridized carbons (Fsp3) is 0.278. The van der Waals surface area contributed by atoms with Crippen LogP contribution in [-0.2, 0) is 28.9 Å².